The first-order valence-electron chi connectivity index (χ1n) is 6.68. The summed E-state index contributed by atoms with van der Waals surface area (Å²) in [6, 6.07) is 8.45. The Morgan fingerprint density at radius 2 is 1.67 bits per heavy atom. The van der Waals surface area contributed by atoms with E-state index < -0.39 is 0 Å². The predicted molar refractivity (Wildman–Crippen MR) is 82.6 cm³/mol. The van der Waals surface area contributed by atoms with Gasteiger partial charge >= 0.3 is 0 Å². The molecule has 0 radical (unpaired) electrons. The zero-order valence-electron chi connectivity index (χ0n) is 11.7. The molecule has 2 N–H and O–H groups in total. The topological polar surface area (TPSA) is 29.3 Å². The second-order valence-corrected chi connectivity index (χ2v) is 6.35. The first kappa shape index (κ1) is 15.7. The molecule has 1 atom stereocenters. The lowest BCUT2D eigenvalue weighted by molar-refractivity contribution is 0.298. The van der Waals surface area contributed by atoms with E-state index in [0.717, 1.165) is 29.9 Å². The van der Waals surface area contributed by atoms with Crippen LogP contribution >= 0.6 is 15.9 Å². The molecule has 0 heterocycles. The van der Waals surface area contributed by atoms with Crippen LogP contribution in [0.2, 0.25) is 0 Å². The maximum Gasteiger partial charge on any atom is 0.0307 e. The van der Waals surface area contributed by atoms with Gasteiger partial charge in [-0.3, -0.25) is 0 Å². The lowest BCUT2D eigenvalue weighted by atomic mass is 10.0. The molecule has 102 valence electrons. The number of rotatable bonds is 7. The molecule has 1 aromatic carbocycles. The molecule has 1 rings (SSSR count). The average molecular weight is 313 g/mol. The van der Waals surface area contributed by atoms with E-state index in [4.69, 9.17) is 5.73 Å². The van der Waals surface area contributed by atoms with Crippen molar-refractivity contribution in [1.82, 2.24) is 4.90 Å². The van der Waals surface area contributed by atoms with E-state index in [1.165, 1.54) is 12.0 Å². The van der Waals surface area contributed by atoms with Gasteiger partial charge in [0.05, 0.1) is 0 Å². The second kappa shape index (κ2) is 7.93. The molecule has 0 saturated heterocycles. The third-order valence-electron chi connectivity index (χ3n) is 3.21. The van der Waals surface area contributed by atoms with E-state index in [1.54, 1.807) is 0 Å². The van der Waals surface area contributed by atoms with E-state index in [2.05, 4.69) is 66.0 Å². The molecule has 0 amide bonds. The van der Waals surface area contributed by atoms with E-state index >= 15 is 0 Å². The van der Waals surface area contributed by atoms with Crippen molar-refractivity contribution in [3.05, 3.63) is 34.3 Å². The van der Waals surface area contributed by atoms with Gasteiger partial charge in [-0.1, -0.05) is 41.9 Å². The maximum atomic E-state index is 6.21. The van der Waals surface area contributed by atoms with Gasteiger partial charge in [0, 0.05) is 10.5 Å². The van der Waals surface area contributed by atoms with Gasteiger partial charge < -0.3 is 10.6 Å². The van der Waals surface area contributed by atoms with E-state index in [0.29, 0.717) is 0 Å². The monoisotopic (exact) mass is 312 g/mol. The largest absolute Gasteiger partial charge is 0.324 e. The number of hydrogen-bond acceptors (Lipinski definition) is 2. The molecule has 0 fully saturated rings. The molecule has 0 saturated carbocycles. The molecule has 18 heavy (non-hydrogen) atoms. The molecule has 0 aliphatic heterocycles. The predicted octanol–water partition coefficient (Wildman–Crippen LogP) is 3.82. The first-order chi connectivity index (χ1) is 8.49. The van der Waals surface area contributed by atoms with Gasteiger partial charge in [0.15, 0.2) is 0 Å². The Bertz CT molecular complexity index is 335. The van der Waals surface area contributed by atoms with Crippen molar-refractivity contribution in [2.24, 2.45) is 11.7 Å². The van der Waals surface area contributed by atoms with Crippen molar-refractivity contribution in [3.8, 4) is 0 Å². The fourth-order valence-corrected chi connectivity index (χ4v) is 2.09. The van der Waals surface area contributed by atoms with E-state index in [9.17, 15) is 0 Å². The van der Waals surface area contributed by atoms with Gasteiger partial charge in [-0.05, 0) is 56.6 Å². The first-order valence-corrected chi connectivity index (χ1v) is 7.48. The van der Waals surface area contributed by atoms with E-state index in [-0.39, 0.29) is 6.04 Å². The van der Waals surface area contributed by atoms with Gasteiger partial charge in [0.2, 0.25) is 0 Å². The van der Waals surface area contributed by atoms with Crippen LogP contribution in [-0.2, 0) is 0 Å². The van der Waals surface area contributed by atoms with Gasteiger partial charge in [-0.2, -0.15) is 0 Å². The highest BCUT2D eigenvalue weighted by Gasteiger charge is 2.08. The molecule has 0 aliphatic rings. The Hall–Kier alpha value is -0.380. The number of hydrogen-bond donors (Lipinski definition) is 1. The van der Waals surface area contributed by atoms with Gasteiger partial charge in [0.25, 0.3) is 0 Å². The Balaban J connectivity index is 2.32. The van der Waals surface area contributed by atoms with Crippen molar-refractivity contribution in [1.29, 1.82) is 0 Å². The number of benzene rings is 1. The maximum absolute atomic E-state index is 6.21. The molecular formula is C15H25BrN2. The third-order valence-corrected chi connectivity index (χ3v) is 3.74. The number of nitrogens with zero attached hydrogens (tertiary/aromatic N) is 1. The van der Waals surface area contributed by atoms with Crippen LogP contribution in [0.3, 0.4) is 0 Å². The molecule has 3 heteroatoms. The summed E-state index contributed by atoms with van der Waals surface area (Å²) in [6.45, 7) is 6.75. The molecule has 1 unspecified atom stereocenters. The zero-order valence-corrected chi connectivity index (χ0v) is 13.3. The van der Waals surface area contributed by atoms with Crippen molar-refractivity contribution in [2.75, 3.05) is 20.1 Å². The van der Waals surface area contributed by atoms with Crippen molar-refractivity contribution >= 4 is 15.9 Å². The van der Waals surface area contributed by atoms with Crippen LogP contribution in [0, 0.1) is 5.92 Å². The number of nitrogens with two attached hydrogens (primary N) is 1. The Kier molecular flexibility index (Phi) is 6.90. The minimum atomic E-state index is 0.139. The van der Waals surface area contributed by atoms with Crippen LogP contribution in [0.15, 0.2) is 28.7 Å². The van der Waals surface area contributed by atoms with Crippen molar-refractivity contribution < 1.29 is 0 Å². The summed E-state index contributed by atoms with van der Waals surface area (Å²) >= 11 is 3.44. The average Bonchev–Trinajstić information content (AvgIpc) is 2.34. The van der Waals surface area contributed by atoms with Gasteiger partial charge in [-0.15, -0.1) is 0 Å². The quantitative estimate of drug-likeness (QED) is 0.829. The van der Waals surface area contributed by atoms with E-state index in [1.807, 2.05) is 0 Å². The second-order valence-electron chi connectivity index (χ2n) is 5.43. The van der Waals surface area contributed by atoms with Crippen LogP contribution < -0.4 is 5.73 Å². The minimum Gasteiger partial charge on any atom is -0.324 e. The molecule has 0 bridgehead atoms. The fraction of sp³-hybridized carbons (Fsp3) is 0.600. The SMILES string of the molecule is CC(C)CCN(C)CCC(N)c1ccc(Br)cc1. The summed E-state index contributed by atoms with van der Waals surface area (Å²) in [5.41, 5.74) is 7.43. The van der Waals surface area contributed by atoms with Crippen LogP contribution in [0.1, 0.15) is 38.3 Å². The van der Waals surface area contributed by atoms with Gasteiger partial charge in [0.1, 0.15) is 0 Å². The Labute approximate surface area is 120 Å². The molecule has 2 nitrogen and oxygen atoms in total. The molecule has 0 aromatic heterocycles. The summed E-state index contributed by atoms with van der Waals surface area (Å²) < 4.78 is 1.10. The fourth-order valence-electron chi connectivity index (χ4n) is 1.83. The van der Waals surface area contributed by atoms with Crippen LogP contribution in [-0.4, -0.2) is 25.0 Å². The summed E-state index contributed by atoms with van der Waals surface area (Å²) in [7, 11) is 2.18. The zero-order chi connectivity index (χ0) is 13.5. The van der Waals surface area contributed by atoms with Crippen LogP contribution in [0.25, 0.3) is 0 Å². The van der Waals surface area contributed by atoms with Gasteiger partial charge in [-0.25, -0.2) is 0 Å². The Morgan fingerprint density at radius 1 is 1.11 bits per heavy atom. The highest BCUT2D eigenvalue weighted by Crippen LogP contribution is 2.17. The minimum absolute atomic E-state index is 0.139. The standard InChI is InChI=1S/C15H25BrN2/c1-12(2)8-10-18(3)11-9-15(17)13-4-6-14(16)7-5-13/h4-7,12,15H,8-11,17H2,1-3H3. The normalized spacial score (nSPS) is 13.3. The highest BCUT2D eigenvalue weighted by molar-refractivity contribution is 9.10. The third kappa shape index (κ3) is 5.98. The van der Waals surface area contributed by atoms with Crippen LogP contribution in [0.4, 0.5) is 0 Å². The highest BCUT2D eigenvalue weighted by atomic mass is 79.9. The lowest BCUT2D eigenvalue weighted by Gasteiger charge is -2.20. The van der Waals surface area contributed by atoms with Crippen LogP contribution in [0.5, 0.6) is 0 Å². The summed E-state index contributed by atoms with van der Waals surface area (Å²) in [6.07, 6.45) is 2.26. The van der Waals surface area contributed by atoms with Crippen molar-refractivity contribution in [2.45, 2.75) is 32.7 Å². The molecule has 1 aromatic rings. The molecule has 0 spiro atoms. The lowest BCUT2D eigenvalue weighted by Crippen LogP contribution is -2.25. The summed E-state index contributed by atoms with van der Waals surface area (Å²) in [5.74, 6) is 0.771. The summed E-state index contributed by atoms with van der Waals surface area (Å²) in [4.78, 5) is 2.37. The molecular weight excluding hydrogens is 288 g/mol. The smallest absolute Gasteiger partial charge is 0.0307 e. The van der Waals surface area contributed by atoms with Crippen molar-refractivity contribution in [3.63, 3.8) is 0 Å². The number of halogens is 1. The Morgan fingerprint density at radius 3 is 2.22 bits per heavy atom. The molecule has 0 aliphatic carbocycles. The summed E-state index contributed by atoms with van der Waals surface area (Å²) in [5, 5.41) is 0.